The topological polar surface area (TPSA) is 117 Å². The van der Waals surface area contributed by atoms with Gasteiger partial charge in [-0.1, -0.05) is 54.9 Å². The number of carboxylic acid groups (broad SMARTS) is 2. The molecule has 0 aliphatic heterocycles. The molecule has 1 heterocycles. The molecule has 0 saturated heterocycles. The van der Waals surface area contributed by atoms with Crippen LogP contribution in [0.25, 0.3) is 11.1 Å². The molecule has 8 heteroatoms. The zero-order chi connectivity index (χ0) is 24.0. The molecule has 3 N–H and O–H groups in total. The Morgan fingerprint density at radius 3 is 2.36 bits per heavy atom. The summed E-state index contributed by atoms with van der Waals surface area (Å²) in [5, 5.41) is 21.7. The Hall–Kier alpha value is -3.58. The van der Waals surface area contributed by atoms with Crippen molar-refractivity contribution in [3.63, 3.8) is 0 Å². The number of hydrogen-bond donors (Lipinski definition) is 3. The van der Waals surface area contributed by atoms with Gasteiger partial charge in [0.2, 0.25) is 0 Å². The molecule has 3 rings (SSSR count). The number of hydrogen-bond acceptors (Lipinski definition) is 4. The zero-order valence-corrected chi connectivity index (χ0v) is 18.7. The molecule has 0 spiro atoms. The highest BCUT2D eigenvalue weighted by Gasteiger charge is 2.22. The van der Waals surface area contributed by atoms with Crippen molar-refractivity contribution in [3.05, 3.63) is 82.8 Å². The van der Waals surface area contributed by atoms with Crippen molar-refractivity contribution < 1.29 is 29.0 Å². The summed E-state index contributed by atoms with van der Waals surface area (Å²) >= 11 is 6.07. The lowest BCUT2D eigenvalue weighted by Gasteiger charge is -2.20. The number of halogens is 1. The van der Waals surface area contributed by atoms with Crippen LogP contribution in [-0.2, 0) is 22.4 Å². The lowest BCUT2D eigenvalue weighted by molar-refractivity contribution is -0.141. The molecule has 7 nitrogen and oxygen atoms in total. The van der Waals surface area contributed by atoms with Crippen molar-refractivity contribution in [2.75, 3.05) is 0 Å². The third-order valence-corrected chi connectivity index (χ3v) is 5.43. The SMILES string of the molecule is C[C@H](CC(Cc1ccc(-c2cccc(Cl)c2)cc1)NC(=O)c1ccc(CC(=O)O)o1)C(=O)O. The fraction of sp³-hybridized carbons (Fsp3) is 0.240. The highest BCUT2D eigenvalue weighted by Crippen LogP contribution is 2.24. The fourth-order valence-corrected chi connectivity index (χ4v) is 3.70. The van der Waals surface area contributed by atoms with Crippen LogP contribution in [-0.4, -0.2) is 34.1 Å². The first-order valence-electron chi connectivity index (χ1n) is 10.4. The number of aliphatic carboxylic acids is 2. The van der Waals surface area contributed by atoms with Gasteiger partial charge < -0.3 is 19.9 Å². The number of furan rings is 1. The average molecular weight is 470 g/mol. The highest BCUT2D eigenvalue weighted by atomic mass is 35.5. The van der Waals surface area contributed by atoms with Gasteiger partial charge in [-0.2, -0.15) is 0 Å². The van der Waals surface area contributed by atoms with E-state index in [0.29, 0.717) is 11.4 Å². The van der Waals surface area contributed by atoms with Gasteiger partial charge in [0.1, 0.15) is 12.2 Å². The van der Waals surface area contributed by atoms with Crippen LogP contribution in [0.2, 0.25) is 5.02 Å². The van der Waals surface area contributed by atoms with Gasteiger partial charge >= 0.3 is 11.9 Å². The zero-order valence-electron chi connectivity index (χ0n) is 18.0. The summed E-state index contributed by atoms with van der Waals surface area (Å²) in [7, 11) is 0. The largest absolute Gasteiger partial charge is 0.481 e. The minimum absolute atomic E-state index is 0.0180. The first-order valence-corrected chi connectivity index (χ1v) is 10.8. The Labute approximate surface area is 196 Å². The maximum atomic E-state index is 12.7. The molecule has 0 fully saturated rings. The molecule has 2 atom stereocenters. The number of carbonyl (C=O) groups is 3. The van der Waals surface area contributed by atoms with Crippen LogP contribution >= 0.6 is 11.6 Å². The normalized spacial score (nSPS) is 12.7. The summed E-state index contributed by atoms with van der Waals surface area (Å²) in [5.41, 5.74) is 2.89. The van der Waals surface area contributed by atoms with Crippen LogP contribution in [0, 0.1) is 5.92 Å². The van der Waals surface area contributed by atoms with Crippen LogP contribution in [0.1, 0.15) is 35.2 Å². The van der Waals surface area contributed by atoms with E-state index in [-0.39, 0.29) is 24.4 Å². The molecule has 1 amide bonds. The minimum atomic E-state index is -1.06. The van der Waals surface area contributed by atoms with Gasteiger partial charge in [0.05, 0.1) is 5.92 Å². The van der Waals surface area contributed by atoms with E-state index >= 15 is 0 Å². The Morgan fingerprint density at radius 1 is 1.00 bits per heavy atom. The molecule has 0 aliphatic rings. The Morgan fingerprint density at radius 2 is 1.73 bits per heavy atom. The molecular weight excluding hydrogens is 446 g/mol. The van der Waals surface area contributed by atoms with Crippen LogP contribution in [0.5, 0.6) is 0 Å². The number of amides is 1. The van der Waals surface area contributed by atoms with Gasteiger partial charge in [0, 0.05) is 11.1 Å². The second-order valence-corrected chi connectivity index (χ2v) is 8.33. The van der Waals surface area contributed by atoms with Crippen LogP contribution in [0.4, 0.5) is 0 Å². The van der Waals surface area contributed by atoms with E-state index < -0.39 is 29.8 Å². The van der Waals surface area contributed by atoms with Crippen LogP contribution in [0.15, 0.2) is 65.1 Å². The summed E-state index contributed by atoms with van der Waals surface area (Å²) in [6.45, 7) is 1.58. The number of benzene rings is 2. The van der Waals surface area contributed by atoms with E-state index in [1.54, 1.807) is 13.0 Å². The molecule has 2 aromatic carbocycles. The van der Waals surface area contributed by atoms with E-state index in [4.69, 9.17) is 21.1 Å². The van der Waals surface area contributed by atoms with Crippen molar-refractivity contribution >= 4 is 29.4 Å². The molecule has 172 valence electrons. The van der Waals surface area contributed by atoms with Crippen molar-refractivity contribution in [2.45, 2.75) is 32.2 Å². The van der Waals surface area contributed by atoms with Crippen LogP contribution in [0.3, 0.4) is 0 Å². The van der Waals surface area contributed by atoms with Crippen molar-refractivity contribution in [3.8, 4) is 11.1 Å². The Balaban J connectivity index is 1.73. The fourth-order valence-electron chi connectivity index (χ4n) is 3.51. The van der Waals surface area contributed by atoms with Crippen molar-refractivity contribution in [1.82, 2.24) is 5.32 Å². The number of rotatable bonds is 10. The summed E-state index contributed by atoms with van der Waals surface area (Å²) in [4.78, 5) is 34.9. The number of nitrogens with one attached hydrogen (secondary N) is 1. The third-order valence-electron chi connectivity index (χ3n) is 5.20. The van der Waals surface area contributed by atoms with E-state index in [1.165, 1.54) is 12.1 Å². The van der Waals surface area contributed by atoms with Gasteiger partial charge in [-0.25, -0.2) is 0 Å². The lowest BCUT2D eigenvalue weighted by atomic mass is 9.95. The standard InChI is InChI=1S/C25H24ClNO6/c1-15(25(31)32)11-20(27-24(30)22-10-9-21(33-22)14-23(28)29)12-16-5-7-17(8-6-16)18-3-2-4-19(26)13-18/h2-10,13,15,20H,11-12,14H2,1H3,(H,27,30)(H,28,29)(H,31,32)/t15-,20?/m1/s1. The summed E-state index contributed by atoms with van der Waals surface area (Å²) in [6.07, 6.45) is 0.313. The quantitative estimate of drug-likeness (QED) is 0.397. The van der Waals surface area contributed by atoms with Gasteiger partial charge in [-0.15, -0.1) is 0 Å². The van der Waals surface area contributed by atoms with E-state index in [1.807, 2.05) is 42.5 Å². The van der Waals surface area contributed by atoms with Gasteiger partial charge in [0.25, 0.3) is 5.91 Å². The van der Waals surface area contributed by atoms with Gasteiger partial charge in [-0.3, -0.25) is 14.4 Å². The summed E-state index contributed by atoms with van der Waals surface area (Å²) < 4.78 is 5.31. The van der Waals surface area contributed by atoms with E-state index in [0.717, 1.165) is 16.7 Å². The molecule has 3 aromatic rings. The molecule has 33 heavy (non-hydrogen) atoms. The van der Waals surface area contributed by atoms with E-state index in [9.17, 15) is 19.5 Å². The molecule has 1 aromatic heterocycles. The van der Waals surface area contributed by atoms with E-state index in [2.05, 4.69) is 5.32 Å². The average Bonchev–Trinajstić information content (AvgIpc) is 3.22. The number of carboxylic acids is 2. The van der Waals surface area contributed by atoms with Gasteiger partial charge in [-0.05, 0) is 53.8 Å². The number of carbonyl (C=O) groups excluding carboxylic acids is 1. The smallest absolute Gasteiger partial charge is 0.311 e. The predicted molar refractivity (Wildman–Crippen MR) is 123 cm³/mol. The predicted octanol–water partition coefficient (Wildman–Crippen LogP) is 4.68. The van der Waals surface area contributed by atoms with Crippen molar-refractivity contribution in [2.24, 2.45) is 5.92 Å². The molecule has 0 bridgehead atoms. The second-order valence-electron chi connectivity index (χ2n) is 7.89. The second kappa shape index (κ2) is 10.8. The molecule has 0 radical (unpaired) electrons. The van der Waals surface area contributed by atoms with Gasteiger partial charge in [0.15, 0.2) is 5.76 Å². The third kappa shape index (κ3) is 6.95. The molecule has 0 saturated carbocycles. The summed E-state index contributed by atoms with van der Waals surface area (Å²) in [6, 6.07) is 17.6. The molecule has 1 unspecified atom stereocenters. The minimum Gasteiger partial charge on any atom is -0.481 e. The summed E-state index contributed by atoms with van der Waals surface area (Å²) in [5.74, 6) is -3.06. The maximum Gasteiger partial charge on any atom is 0.311 e. The monoisotopic (exact) mass is 469 g/mol. The first-order chi connectivity index (χ1) is 15.7. The highest BCUT2D eigenvalue weighted by molar-refractivity contribution is 6.30. The molecule has 0 aliphatic carbocycles. The van der Waals surface area contributed by atoms with Crippen molar-refractivity contribution in [1.29, 1.82) is 0 Å². The maximum absolute atomic E-state index is 12.7. The Bertz CT molecular complexity index is 1140. The van der Waals surface area contributed by atoms with Crippen LogP contribution < -0.4 is 5.32 Å². The lowest BCUT2D eigenvalue weighted by Crippen LogP contribution is -2.38. The Kier molecular flexibility index (Phi) is 7.90. The molecular formula is C25H24ClNO6. The first kappa shape index (κ1) is 24.1.